The summed E-state index contributed by atoms with van der Waals surface area (Å²) in [5.41, 5.74) is 0.482. The van der Waals surface area contributed by atoms with Crippen LogP contribution in [0.3, 0.4) is 0 Å². The van der Waals surface area contributed by atoms with E-state index in [1.165, 1.54) is 12.1 Å². The van der Waals surface area contributed by atoms with Gasteiger partial charge in [0.25, 0.3) is 5.69 Å². The first-order valence-corrected chi connectivity index (χ1v) is 8.76. The Morgan fingerprint density at radius 3 is 2.46 bits per heavy atom. The number of benzene rings is 2. The molecule has 0 spiro atoms. The van der Waals surface area contributed by atoms with Gasteiger partial charge in [0.1, 0.15) is 10.8 Å². The van der Waals surface area contributed by atoms with Gasteiger partial charge in [-0.15, -0.1) is 0 Å². The normalized spacial score (nSPS) is 11.2. The Labute approximate surface area is 144 Å². The van der Waals surface area contributed by atoms with E-state index >= 15 is 0 Å². The number of rotatable bonds is 7. The summed E-state index contributed by atoms with van der Waals surface area (Å²) >= 11 is 5.68. The van der Waals surface area contributed by atoms with E-state index in [4.69, 9.17) is 16.3 Å². The monoisotopic (exact) mass is 370 g/mol. The minimum atomic E-state index is -3.85. The second-order valence-corrected chi connectivity index (χ2v) is 7.04. The van der Waals surface area contributed by atoms with Crippen LogP contribution in [0.5, 0.6) is 5.75 Å². The van der Waals surface area contributed by atoms with E-state index in [-0.39, 0.29) is 16.5 Å². The molecule has 2 aromatic rings. The topological polar surface area (TPSA) is 98.5 Å². The van der Waals surface area contributed by atoms with Crippen molar-refractivity contribution in [1.29, 1.82) is 0 Å². The second-order valence-electron chi connectivity index (χ2n) is 4.87. The molecule has 0 aliphatic carbocycles. The maximum Gasteiger partial charge on any atom is 0.289 e. The third kappa shape index (κ3) is 4.44. The summed E-state index contributed by atoms with van der Waals surface area (Å²) in [5, 5.41) is 10.7. The average molecular weight is 371 g/mol. The van der Waals surface area contributed by atoms with E-state index in [0.717, 1.165) is 11.6 Å². The van der Waals surface area contributed by atoms with Crippen LogP contribution >= 0.6 is 11.6 Å². The van der Waals surface area contributed by atoms with Crippen molar-refractivity contribution in [3.05, 3.63) is 63.2 Å². The van der Waals surface area contributed by atoms with Crippen molar-refractivity contribution < 1.29 is 18.1 Å². The van der Waals surface area contributed by atoms with Gasteiger partial charge in [-0.25, -0.2) is 13.1 Å². The zero-order valence-electron chi connectivity index (χ0n) is 12.7. The minimum Gasteiger partial charge on any atom is -0.497 e. The van der Waals surface area contributed by atoms with E-state index < -0.39 is 20.6 Å². The van der Waals surface area contributed by atoms with E-state index in [9.17, 15) is 18.5 Å². The highest BCUT2D eigenvalue weighted by molar-refractivity contribution is 7.89. The van der Waals surface area contributed by atoms with Crippen molar-refractivity contribution >= 4 is 27.3 Å². The van der Waals surface area contributed by atoms with Gasteiger partial charge < -0.3 is 4.74 Å². The average Bonchev–Trinajstić information content (AvgIpc) is 2.55. The number of nitrogens with zero attached hydrogens (tertiary/aromatic N) is 1. The molecule has 0 fully saturated rings. The molecule has 0 bridgehead atoms. The fourth-order valence-corrected chi connectivity index (χ4v) is 3.24. The van der Waals surface area contributed by atoms with Crippen LogP contribution in [0.1, 0.15) is 5.56 Å². The Morgan fingerprint density at radius 1 is 1.21 bits per heavy atom. The Hall–Kier alpha value is -2.16. The molecule has 2 rings (SSSR count). The van der Waals surface area contributed by atoms with E-state index in [1.54, 1.807) is 19.2 Å². The molecule has 0 aliphatic rings. The highest BCUT2D eigenvalue weighted by Crippen LogP contribution is 2.26. The molecule has 0 saturated heterocycles. The van der Waals surface area contributed by atoms with Gasteiger partial charge in [-0.05, 0) is 36.2 Å². The molecular formula is C15H15ClN2O5S. The first-order valence-electron chi connectivity index (χ1n) is 6.90. The predicted molar refractivity (Wildman–Crippen MR) is 90.0 cm³/mol. The summed E-state index contributed by atoms with van der Waals surface area (Å²) in [6.45, 7) is 0.158. The lowest BCUT2D eigenvalue weighted by Crippen LogP contribution is -2.26. The Bertz CT molecular complexity index is 837. The molecule has 0 aromatic heterocycles. The van der Waals surface area contributed by atoms with Gasteiger partial charge in [-0.3, -0.25) is 10.1 Å². The molecule has 0 atom stereocenters. The van der Waals surface area contributed by atoms with Crippen LogP contribution < -0.4 is 9.46 Å². The van der Waals surface area contributed by atoms with E-state index in [1.807, 2.05) is 12.1 Å². The van der Waals surface area contributed by atoms with Gasteiger partial charge in [0, 0.05) is 12.6 Å². The van der Waals surface area contributed by atoms with Crippen molar-refractivity contribution in [3.63, 3.8) is 0 Å². The Kier molecular flexibility index (Phi) is 5.76. The summed E-state index contributed by atoms with van der Waals surface area (Å²) in [5.74, 6) is 0.716. The summed E-state index contributed by atoms with van der Waals surface area (Å²) in [7, 11) is -2.29. The van der Waals surface area contributed by atoms with Crippen LogP contribution in [0.25, 0.3) is 0 Å². The van der Waals surface area contributed by atoms with Gasteiger partial charge >= 0.3 is 0 Å². The van der Waals surface area contributed by atoms with Crippen molar-refractivity contribution in [2.24, 2.45) is 0 Å². The third-order valence-corrected chi connectivity index (χ3v) is 5.07. The highest BCUT2D eigenvalue weighted by Gasteiger charge is 2.20. The zero-order valence-corrected chi connectivity index (χ0v) is 14.3. The van der Waals surface area contributed by atoms with Crippen LogP contribution in [0, 0.1) is 10.1 Å². The van der Waals surface area contributed by atoms with E-state index in [0.29, 0.717) is 12.2 Å². The predicted octanol–water partition coefficient (Wildman–Crippen LogP) is 2.78. The first-order chi connectivity index (χ1) is 11.3. The standard InChI is InChI=1S/C15H15ClN2O5S/c1-23-12-4-2-11(3-5-12)8-9-17-24(21,22)13-6-7-14(16)15(10-13)18(19)20/h2-7,10,17H,8-9H2,1H3. The summed E-state index contributed by atoms with van der Waals surface area (Å²) in [4.78, 5) is 9.92. The van der Waals surface area contributed by atoms with Crippen LogP contribution in [0.2, 0.25) is 5.02 Å². The Balaban J connectivity index is 2.05. The molecular weight excluding hydrogens is 356 g/mol. The van der Waals surface area contributed by atoms with Crippen molar-refractivity contribution in [1.82, 2.24) is 4.72 Å². The molecule has 2 aromatic carbocycles. The number of hydrogen-bond acceptors (Lipinski definition) is 5. The molecule has 1 N–H and O–H groups in total. The number of nitro groups is 1. The smallest absolute Gasteiger partial charge is 0.289 e. The third-order valence-electron chi connectivity index (χ3n) is 3.29. The molecule has 0 saturated carbocycles. The largest absolute Gasteiger partial charge is 0.497 e. The molecule has 0 radical (unpaired) electrons. The fourth-order valence-electron chi connectivity index (χ4n) is 2.00. The van der Waals surface area contributed by atoms with Crippen LogP contribution in [-0.4, -0.2) is 27.0 Å². The van der Waals surface area contributed by atoms with Crippen molar-refractivity contribution in [3.8, 4) is 5.75 Å². The molecule has 0 aliphatic heterocycles. The van der Waals surface area contributed by atoms with Crippen LogP contribution in [0.15, 0.2) is 47.4 Å². The number of methoxy groups -OCH3 is 1. The van der Waals surface area contributed by atoms with Crippen molar-refractivity contribution in [2.75, 3.05) is 13.7 Å². The molecule has 7 nitrogen and oxygen atoms in total. The van der Waals surface area contributed by atoms with Gasteiger partial charge in [-0.1, -0.05) is 23.7 Å². The molecule has 24 heavy (non-hydrogen) atoms. The maximum atomic E-state index is 12.2. The lowest BCUT2D eigenvalue weighted by Gasteiger charge is -2.08. The minimum absolute atomic E-state index is 0.114. The van der Waals surface area contributed by atoms with Gasteiger partial charge in [0.15, 0.2) is 0 Å². The Morgan fingerprint density at radius 2 is 1.88 bits per heavy atom. The second kappa shape index (κ2) is 7.61. The van der Waals surface area contributed by atoms with Crippen LogP contribution in [-0.2, 0) is 16.4 Å². The number of hydrogen-bond donors (Lipinski definition) is 1. The summed E-state index contributed by atoms with van der Waals surface area (Å²) in [6.07, 6.45) is 0.471. The van der Waals surface area contributed by atoms with Gasteiger partial charge in [0.2, 0.25) is 10.0 Å². The number of sulfonamides is 1. The molecule has 0 heterocycles. The van der Waals surface area contributed by atoms with E-state index in [2.05, 4.69) is 4.72 Å². The molecule has 128 valence electrons. The summed E-state index contributed by atoms with van der Waals surface area (Å²) in [6, 6.07) is 10.6. The highest BCUT2D eigenvalue weighted by atomic mass is 35.5. The summed E-state index contributed by atoms with van der Waals surface area (Å²) < 4.78 is 31.9. The lowest BCUT2D eigenvalue weighted by molar-refractivity contribution is -0.384. The zero-order chi connectivity index (χ0) is 17.7. The quantitative estimate of drug-likeness (QED) is 0.596. The number of ether oxygens (including phenoxy) is 1. The molecule has 0 amide bonds. The lowest BCUT2D eigenvalue weighted by atomic mass is 10.1. The van der Waals surface area contributed by atoms with Crippen molar-refractivity contribution in [2.45, 2.75) is 11.3 Å². The SMILES string of the molecule is COc1ccc(CCNS(=O)(=O)c2ccc(Cl)c([N+](=O)[O-])c2)cc1. The fraction of sp³-hybridized carbons (Fsp3) is 0.200. The molecule has 9 heteroatoms. The number of halogens is 1. The number of nitro benzene ring substituents is 1. The van der Waals surface area contributed by atoms with Crippen LogP contribution in [0.4, 0.5) is 5.69 Å². The maximum absolute atomic E-state index is 12.2. The van der Waals surface area contributed by atoms with Gasteiger partial charge in [0.05, 0.1) is 16.9 Å². The molecule has 0 unspecified atom stereocenters. The first kappa shape index (κ1) is 18.2. The number of nitrogens with one attached hydrogen (secondary N) is 1. The van der Waals surface area contributed by atoms with Gasteiger partial charge in [-0.2, -0.15) is 0 Å².